The fourth-order valence-corrected chi connectivity index (χ4v) is 3.36. The summed E-state index contributed by atoms with van der Waals surface area (Å²) in [6, 6.07) is 18.4. The van der Waals surface area contributed by atoms with Crippen molar-refractivity contribution in [3.05, 3.63) is 99.3 Å². The van der Waals surface area contributed by atoms with E-state index in [4.69, 9.17) is 4.74 Å². The lowest BCUT2D eigenvalue weighted by Crippen LogP contribution is -2.32. The molecule has 0 aliphatic rings. The van der Waals surface area contributed by atoms with Crippen molar-refractivity contribution in [1.82, 2.24) is 19.9 Å². The van der Waals surface area contributed by atoms with Gasteiger partial charge in [-0.2, -0.15) is 0 Å². The highest BCUT2D eigenvalue weighted by atomic mass is 79.9. The Bertz CT molecular complexity index is 1260. The minimum atomic E-state index is -0.270. The highest BCUT2D eigenvalue weighted by molar-refractivity contribution is 9.10. The predicted octanol–water partition coefficient (Wildman–Crippen LogP) is 3.45. The second kappa shape index (κ2) is 9.53. The zero-order chi connectivity index (χ0) is 21.6. The molecular formula is C23H19BrN4O3. The van der Waals surface area contributed by atoms with Gasteiger partial charge in [-0.25, -0.2) is 4.98 Å². The smallest absolute Gasteiger partial charge is 0.261 e. The fraction of sp³-hybridized carbons (Fsp3) is 0.130. The molecule has 0 atom stereocenters. The highest BCUT2D eigenvalue weighted by Crippen LogP contribution is 2.15. The third-order valence-electron chi connectivity index (χ3n) is 4.63. The van der Waals surface area contributed by atoms with Gasteiger partial charge in [0.15, 0.2) is 0 Å². The van der Waals surface area contributed by atoms with Gasteiger partial charge in [0.2, 0.25) is 5.91 Å². The number of nitrogens with zero attached hydrogens (tertiary/aromatic N) is 3. The van der Waals surface area contributed by atoms with Gasteiger partial charge in [-0.05, 0) is 48.0 Å². The Balaban J connectivity index is 1.32. The number of nitrogens with one attached hydrogen (secondary N) is 1. The number of carbonyl (C=O) groups excluding carboxylic acids is 1. The van der Waals surface area contributed by atoms with E-state index in [0.717, 1.165) is 21.5 Å². The Morgan fingerprint density at radius 3 is 2.68 bits per heavy atom. The number of aromatic nitrogens is 3. The topological polar surface area (TPSA) is 86.1 Å². The number of benzene rings is 2. The predicted molar refractivity (Wildman–Crippen MR) is 121 cm³/mol. The molecule has 0 fully saturated rings. The second-order valence-electron chi connectivity index (χ2n) is 6.87. The van der Waals surface area contributed by atoms with Crippen LogP contribution >= 0.6 is 15.9 Å². The molecule has 4 aromatic rings. The lowest BCUT2D eigenvalue weighted by molar-refractivity contribution is -0.121. The lowest BCUT2D eigenvalue weighted by Gasteiger charge is -2.09. The van der Waals surface area contributed by atoms with Crippen molar-refractivity contribution in [2.45, 2.75) is 19.7 Å². The number of hydrogen-bond donors (Lipinski definition) is 1. The molecule has 8 heteroatoms. The molecule has 2 aromatic carbocycles. The van der Waals surface area contributed by atoms with Gasteiger partial charge in [-0.3, -0.25) is 19.1 Å². The normalized spacial score (nSPS) is 10.7. The summed E-state index contributed by atoms with van der Waals surface area (Å²) >= 11 is 3.35. The Morgan fingerprint density at radius 1 is 1.06 bits per heavy atom. The van der Waals surface area contributed by atoms with Crippen LogP contribution in [-0.2, 0) is 24.5 Å². The van der Waals surface area contributed by atoms with Gasteiger partial charge in [0, 0.05) is 17.2 Å². The van der Waals surface area contributed by atoms with Gasteiger partial charge >= 0.3 is 0 Å². The molecule has 1 N–H and O–H groups in total. The summed E-state index contributed by atoms with van der Waals surface area (Å²) in [5.74, 6) is 0.453. The molecule has 0 spiro atoms. The van der Waals surface area contributed by atoms with Crippen molar-refractivity contribution in [1.29, 1.82) is 0 Å². The summed E-state index contributed by atoms with van der Waals surface area (Å²) < 4.78 is 7.80. The van der Waals surface area contributed by atoms with Gasteiger partial charge in [0.25, 0.3) is 5.56 Å². The van der Waals surface area contributed by atoms with E-state index in [-0.39, 0.29) is 18.0 Å². The fourth-order valence-electron chi connectivity index (χ4n) is 3.00. The quantitative estimate of drug-likeness (QED) is 0.439. The van der Waals surface area contributed by atoms with E-state index in [1.807, 2.05) is 48.5 Å². The number of rotatable bonds is 7. The van der Waals surface area contributed by atoms with E-state index in [1.54, 1.807) is 18.3 Å². The van der Waals surface area contributed by atoms with Crippen molar-refractivity contribution < 1.29 is 9.53 Å². The number of amides is 1. The van der Waals surface area contributed by atoms with Crippen molar-refractivity contribution in [3.63, 3.8) is 0 Å². The van der Waals surface area contributed by atoms with Crippen molar-refractivity contribution in [2.24, 2.45) is 0 Å². The van der Waals surface area contributed by atoms with Gasteiger partial charge < -0.3 is 10.1 Å². The second-order valence-corrected chi connectivity index (χ2v) is 7.79. The number of pyridine rings is 1. The molecule has 0 saturated carbocycles. The zero-order valence-electron chi connectivity index (χ0n) is 16.5. The zero-order valence-corrected chi connectivity index (χ0v) is 18.1. The molecule has 7 nitrogen and oxygen atoms in total. The van der Waals surface area contributed by atoms with E-state index >= 15 is 0 Å². The Labute approximate surface area is 186 Å². The molecule has 0 saturated heterocycles. The first kappa shape index (κ1) is 20.7. The van der Waals surface area contributed by atoms with Crippen LogP contribution in [0.3, 0.4) is 0 Å². The maximum Gasteiger partial charge on any atom is 0.261 e. The standard InChI is InChI=1S/C23H19BrN4O3/c24-17-6-9-21-20(11-17)23(30)28(15-27-21)13-22(29)26-12-16-4-7-19(8-5-16)31-14-18-3-1-2-10-25-18/h1-11,15H,12-14H2,(H,26,29). The maximum absolute atomic E-state index is 12.6. The van der Waals surface area contributed by atoms with E-state index in [1.165, 1.54) is 10.9 Å². The summed E-state index contributed by atoms with van der Waals surface area (Å²) in [7, 11) is 0. The first-order valence-electron chi connectivity index (χ1n) is 9.61. The Hall–Kier alpha value is -3.52. The summed E-state index contributed by atoms with van der Waals surface area (Å²) in [5, 5.41) is 3.29. The molecule has 0 aliphatic carbocycles. The summed E-state index contributed by atoms with van der Waals surface area (Å²) in [6.45, 7) is 0.641. The van der Waals surface area contributed by atoms with Crippen LogP contribution in [0.15, 0.2) is 82.5 Å². The summed E-state index contributed by atoms with van der Waals surface area (Å²) in [5.41, 5.74) is 2.11. The van der Waals surface area contributed by atoms with Crippen molar-refractivity contribution in [3.8, 4) is 5.75 Å². The van der Waals surface area contributed by atoms with Crippen LogP contribution < -0.4 is 15.6 Å². The minimum Gasteiger partial charge on any atom is -0.487 e. The number of hydrogen-bond acceptors (Lipinski definition) is 5. The average Bonchev–Trinajstić information content (AvgIpc) is 2.80. The molecule has 0 radical (unpaired) electrons. The van der Waals surface area contributed by atoms with Crippen LogP contribution in [-0.4, -0.2) is 20.4 Å². The van der Waals surface area contributed by atoms with Crippen LogP contribution in [0.4, 0.5) is 0 Å². The maximum atomic E-state index is 12.6. The third kappa shape index (κ3) is 5.35. The van der Waals surface area contributed by atoms with Crippen LogP contribution in [0.2, 0.25) is 0 Å². The largest absolute Gasteiger partial charge is 0.487 e. The SMILES string of the molecule is O=C(Cn1cnc2ccc(Br)cc2c1=O)NCc1ccc(OCc2ccccn2)cc1. The molecule has 2 aromatic heterocycles. The molecule has 0 bridgehead atoms. The minimum absolute atomic E-state index is 0.0977. The lowest BCUT2D eigenvalue weighted by atomic mass is 10.2. The van der Waals surface area contributed by atoms with Crippen molar-refractivity contribution >= 4 is 32.7 Å². The molecule has 4 rings (SSSR count). The van der Waals surface area contributed by atoms with Gasteiger partial charge in [-0.15, -0.1) is 0 Å². The summed E-state index contributed by atoms with van der Waals surface area (Å²) in [6.07, 6.45) is 3.12. The monoisotopic (exact) mass is 478 g/mol. The average molecular weight is 479 g/mol. The molecule has 0 unspecified atom stereocenters. The third-order valence-corrected chi connectivity index (χ3v) is 5.12. The van der Waals surface area contributed by atoms with Crippen LogP contribution in [0.5, 0.6) is 5.75 Å². The van der Waals surface area contributed by atoms with Crippen molar-refractivity contribution in [2.75, 3.05) is 0 Å². The Kier molecular flexibility index (Phi) is 6.37. The van der Waals surface area contributed by atoms with Crippen LogP contribution in [0.25, 0.3) is 10.9 Å². The van der Waals surface area contributed by atoms with E-state index < -0.39 is 0 Å². The van der Waals surface area contributed by atoms with Gasteiger partial charge in [-0.1, -0.05) is 34.1 Å². The van der Waals surface area contributed by atoms with Crippen LogP contribution in [0.1, 0.15) is 11.3 Å². The molecule has 1 amide bonds. The number of halogens is 1. The number of carbonyl (C=O) groups is 1. The molecule has 31 heavy (non-hydrogen) atoms. The number of ether oxygens (including phenoxy) is 1. The molecule has 156 valence electrons. The van der Waals surface area contributed by atoms with E-state index in [2.05, 4.69) is 31.2 Å². The molecule has 0 aliphatic heterocycles. The van der Waals surface area contributed by atoms with Gasteiger partial charge in [0.05, 0.1) is 22.9 Å². The number of fused-ring (bicyclic) bond motifs is 1. The van der Waals surface area contributed by atoms with E-state index in [0.29, 0.717) is 24.1 Å². The van der Waals surface area contributed by atoms with Gasteiger partial charge in [0.1, 0.15) is 18.9 Å². The first-order chi connectivity index (χ1) is 15.1. The summed E-state index contributed by atoms with van der Waals surface area (Å²) in [4.78, 5) is 33.4. The molecule has 2 heterocycles. The van der Waals surface area contributed by atoms with Crippen LogP contribution in [0, 0.1) is 0 Å². The Morgan fingerprint density at radius 2 is 1.90 bits per heavy atom. The highest BCUT2D eigenvalue weighted by Gasteiger charge is 2.09. The molecular weight excluding hydrogens is 460 g/mol. The van der Waals surface area contributed by atoms with E-state index in [9.17, 15) is 9.59 Å². The first-order valence-corrected chi connectivity index (χ1v) is 10.4.